The van der Waals surface area contributed by atoms with Crippen molar-refractivity contribution in [3.05, 3.63) is 53.7 Å². The number of fused-ring (bicyclic) bond motifs is 1. The van der Waals surface area contributed by atoms with E-state index in [1.165, 1.54) is 0 Å². The number of rotatable bonds is 6. The Bertz CT molecular complexity index is 1240. The lowest BCUT2D eigenvalue weighted by atomic mass is 10.1. The zero-order valence-corrected chi connectivity index (χ0v) is 19.7. The van der Waals surface area contributed by atoms with Crippen LogP contribution in [0.2, 0.25) is 0 Å². The molecule has 1 unspecified atom stereocenters. The van der Waals surface area contributed by atoms with Crippen LogP contribution in [-0.4, -0.2) is 48.7 Å². The molecule has 0 aliphatic carbocycles. The van der Waals surface area contributed by atoms with Gasteiger partial charge in [-0.2, -0.15) is 5.26 Å². The number of pyridine rings is 1. The Labute approximate surface area is 199 Å². The highest BCUT2D eigenvalue weighted by Gasteiger charge is 2.21. The highest BCUT2D eigenvalue weighted by Crippen LogP contribution is 2.34. The summed E-state index contributed by atoms with van der Waals surface area (Å²) in [4.78, 5) is 18.5. The SMILES string of the molecule is CCNC(=O)Nc1ccc(Oc2ccnc3cc(OC4CCCN(C)C4)c(C#N)cc23)cc1C. The Kier molecular flexibility index (Phi) is 7.14. The van der Waals surface area contributed by atoms with Crippen LogP contribution in [0.1, 0.15) is 30.9 Å². The Morgan fingerprint density at radius 1 is 1.26 bits per heavy atom. The number of ether oxygens (including phenoxy) is 2. The van der Waals surface area contributed by atoms with E-state index in [9.17, 15) is 10.1 Å². The summed E-state index contributed by atoms with van der Waals surface area (Å²) in [5, 5.41) is 16.0. The maximum absolute atomic E-state index is 11.8. The van der Waals surface area contributed by atoms with Gasteiger partial charge in [0.2, 0.25) is 0 Å². The van der Waals surface area contributed by atoms with E-state index >= 15 is 0 Å². The summed E-state index contributed by atoms with van der Waals surface area (Å²) in [6, 6.07) is 12.8. The van der Waals surface area contributed by atoms with E-state index in [-0.39, 0.29) is 12.1 Å². The van der Waals surface area contributed by atoms with Gasteiger partial charge in [-0.05, 0) is 76.2 Å². The van der Waals surface area contributed by atoms with E-state index in [2.05, 4.69) is 33.6 Å². The van der Waals surface area contributed by atoms with Crippen LogP contribution >= 0.6 is 0 Å². The number of piperidine rings is 1. The molecule has 1 saturated heterocycles. The van der Waals surface area contributed by atoms with Gasteiger partial charge in [0.15, 0.2) is 0 Å². The second kappa shape index (κ2) is 10.4. The summed E-state index contributed by atoms with van der Waals surface area (Å²) in [6.07, 6.45) is 3.77. The van der Waals surface area contributed by atoms with E-state index in [0.29, 0.717) is 40.6 Å². The van der Waals surface area contributed by atoms with Crippen LogP contribution < -0.4 is 20.1 Å². The highest BCUT2D eigenvalue weighted by atomic mass is 16.5. The van der Waals surface area contributed by atoms with Crippen molar-refractivity contribution in [2.24, 2.45) is 0 Å². The summed E-state index contributed by atoms with van der Waals surface area (Å²) in [5.41, 5.74) is 2.73. The average molecular weight is 460 g/mol. The van der Waals surface area contributed by atoms with Crippen molar-refractivity contribution in [1.82, 2.24) is 15.2 Å². The molecule has 176 valence electrons. The Morgan fingerprint density at radius 2 is 2.12 bits per heavy atom. The van der Waals surface area contributed by atoms with Gasteiger partial charge in [-0.15, -0.1) is 0 Å². The van der Waals surface area contributed by atoms with E-state index in [0.717, 1.165) is 36.9 Å². The average Bonchev–Trinajstić information content (AvgIpc) is 2.81. The zero-order chi connectivity index (χ0) is 24.1. The van der Waals surface area contributed by atoms with Crippen molar-refractivity contribution >= 4 is 22.6 Å². The predicted molar refractivity (Wildman–Crippen MR) is 132 cm³/mol. The van der Waals surface area contributed by atoms with Gasteiger partial charge in [-0.25, -0.2) is 4.79 Å². The Hall–Kier alpha value is -3.83. The second-order valence-corrected chi connectivity index (χ2v) is 8.49. The zero-order valence-electron chi connectivity index (χ0n) is 19.7. The summed E-state index contributed by atoms with van der Waals surface area (Å²) in [5.74, 6) is 1.77. The molecule has 34 heavy (non-hydrogen) atoms. The first-order valence-electron chi connectivity index (χ1n) is 11.5. The monoisotopic (exact) mass is 459 g/mol. The number of aryl methyl sites for hydroxylation is 1. The molecule has 2 amide bonds. The first-order chi connectivity index (χ1) is 16.5. The largest absolute Gasteiger partial charge is 0.488 e. The molecule has 1 aromatic heterocycles. The third kappa shape index (κ3) is 5.38. The molecule has 3 aromatic rings. The van der Waals surface area contributed by atoms with Crippen LogP contribution in [0.5, 0.6) is 17.2 Å². The number of nitriles is 1. The van der Waals surface area contributed by atoms with Gasteiger partial charge < -0.3 is 25.0 Å². The van der Waals surface area contributed by atoms with Gasteiger partial charge in [-0.1, -0.05) is 0 Å². The molecule has 0 bridgehead atoms. The number of carbonyl (C=O) groups is 1. The minimum atomic E-state index is -0.249. The fourth-order valence-electron chi connectivity index (χ4n) is 4.11. The number of hydrogen-bond donors (Lipinski definition) is 2. The normalized spacial score (nSPS) is 16.0. The van der Waals surface area contributed by atoms with Gasteiger partial charge >= 0.3 is 6.03 Å². The van der Waals surface area contributed by atoms with Gasteiger partial charge in [-0.3, -0.25) is 4.98 Å². The summed E-state index contributed by atoms with van der Waals surface area (Å²) in [6.45, 7) is 6.22. The van der Waals surface area contributed by atoms with Crippen molar-refractivity contribution in [2.75, 3.05) is 32.0 Å². The number of nitrogens with one attached hydrogen (secondary N) is 2. The first-order valence-corrected chi connectivity index (χ1v) is 11.5. The smallest absolute Gasteiger partial charge is 0.319 e. The molecule has 4 rings (SSSR count). The van der Waals surface area contributed by atoms with E-state index in [1.807, 2.05) is 26.0 Å². The van der Waals surface area contributed by atoms with Crippen LogP contribution in [0.4, 0.5) is 10.5 Å². The molecular weight excluding hydrogens is 430 g/mol. The molecule has 1 fully saturated rings. The number of likely N-dealkylation sites (tertiary alicyclic amines) is 1. The number of nitrogens with zero attached hydrogens (tertiary/aromatic N) is 3. The lowest BCUT2D eigenvalue weighted by Crippen LogP contribution is -2.38. The van der Waals surface area contributed by atoms with Crippen LogP contribution in [0.3, 0.4) is 0 Å². The van der Waals surface area contributed by atoms with E-state index in [1.54, 1.807) is 30.5 Å². The van der Waals surface area contributed by atoms with Gasteiger partial charge in [0.1, 0.15) is 29.4 Å². The lowest BCUT2D eigenvalue weighted by Gasteiger charge is -2.30. The molecule has 0 spiro atoms. The van der Waals surface area contributed by atoms with Crippen molar-refractivity contribution in [3.63, 3.8) is 0 Å². The van der Waals surface area contributed by atoms with Crippen molar-refractivity contribution in [3.8, 4) is 23.3 Å². The molecule has 0 radical (unpaired) electrons. The number of aromatic nitrogens is 1. The summed E-state index contributed by atoms with van der Waals surface area (Å²) in [7, 11) is 2.08. The van der Waals surface area contributed by atoms with E-state index in [4.69, 9.17) is 9.47 Å². The predicted octanol–water partition coefficient (Wildman–Crippen LogP) is 4.82. The molecule has 2 N–H and O–H groups in total. The van der Waals surface area contributed by atoms with Crippen LogP contribution in [0.25, 0.3) is 10.9 Å². The fourth-order valence-corrected chi connectivity index (χ4v) is 4.11. The minimum Gasteiger partial charge on any atom is -0.488 e. The highest BCUT2D eigenvalue weighted by molar-refractivity contribution is 5.90. The molecule has 1 atom stereocenters. The number of amides is 2. The third-order valence-electron chi connectivity index (χ3n) is 5.81. The van der Waals surface area contributed by atoms with Crippen molar-refractivity contribution < 1.29 is 14.3 Å². The van der Waals surface area contributed by atoms with Crippen LogP contribution in [0, 0.1) is 18.3 Å². The standard InChI is InChI=1S/C26H29N5O3/c1-4-28-26(32)30-22-8-7-19(12-17(22)2)33-24-9-10-29-23-14-25(18(15-27)13-21(23)24)34-20-6-5-11-31(3)16-20/h7-10,12-14,20H,4-6,11,16H2,1-3H3,(H2,28,30,32). The van der Waals surface area contributed by atoms with Crippen LogP contribution in [-0.2, 0) is 0 Å². The first kappa shape index (κ1) is 23.3. The third-order valence-corrected chi connectivity index (χ3v) is 5.81. The quantitative estimate of drug-likeness (QED) is 0.548. The molecular formula is C26H29N5O3. The van der Waals surface area contributed by atoms with Gasteiger partial charge in [0.25, 0.3) is 0 Å². The Morgan fingerprint density at radius 3 is 2.85 bits per heavy atom. The number of anilines is 1. The van der Waals surface area contributed by atoms with Crippen molar-refractivity contribution in [2.45, 2.75) is 32.8 Å². The molecule has 2 aromatic carbocycles. The summed E-state index contributed by atoms with van der Waals surface area (Å²) < 4.78 is 12.4. The number of urea groups is 1. The molecule has 8 nitrogen and oxygen atoms in total. The molecule has 1 aliphatic rings. The fraction of sp³-hybridized carbons (Fsp3) is 0.346. The number of carbonyl (C=O) groups excluding carboxylic acids is 1. The Balaban J connectivity index is 1.58. The minimum absolute atomic E-state index is 0.0530. The topological polar surface area (TPSA) is 99.5 Å². The molecule has 0 saturated carbocycles. The second-order valence-electron chi connectivity index (χ2n) is 8.49. The lowest BCUT2D eigenvalue weighted by molar-refractivity contribution is 0.104. The molecule has 1 aliphatic heterocycles. The molecule has 8 heteroatoms. The maximum Gasteiger partial charge on any atom is 0.319 e. The van der Waals surface area contributed by atoms with Gasteiger partial charge in [0.05, 0.1) is 11.1 Å². The molecule has 2 heterocycles. The van der Waals surface area contributed by atoms with Gasteiger partial charge in [0, 0.05) is 36.4 Å². The number of likely N-dealkylation sites (N-methyl/N-ethyl adjacent to an activating group) is 1. The number of hydrogen-bond acceptors (Lipinski definition) is 6. The van der Waals surface area contributed by atoms with Crippen molar-refractivity contribution in [1.29, 1.82) is 5.26 Å². The maximum atomic E-state index is 11.8. The van der Waals surface area contributed by atoms with Crippen LogP contribution in [0.15, 0.2) is 42.6 Å². The van der Waals surface area contributed by atoms with E-state index < -0.39 is 0 Å². The number of benzene rings is 2. The summed E-state index contributed by atoms with van der Waals surface area (Å²) >= 11 is 0.